The minimum atomic E-state index is 0.00859. The first-order valence-electron chi connectivity index (χ1n) is 7.08. The lowest BCUT2D eigenvalue weighted by molar-refractivity contribution is 0.0827. The van der Waals surface area contributed by atoms with Crippen molar-refractivity contribution in [3.8, 4) is 0 Å². The van der Waals surface area contributed by atoms with Gasteiger partial charge in [-0.3, -0.25) is 9.48 Å². The Bertz CT molecular complexity index is 631. The highest BCUT2D eigenvalue weighted by molar-refractivity contribution is 5.94. The molecule has 2 rings (SSSR count). The van der Waals surface area contributed by atoms with Crippen molar-refractivity contribution in [3.63, 3.8) is 0 Å². The van der Waals surface area contributed by atoms with E-state index in [9.17, 15) is 4.79 Å². The maximum atomic E-state index is 12.0. The molecule has 0 aliphatic rings. The summed E-state index contributed by atoms with van der Waals surface area (Å²) < 4.78 is 1.84. The molecule has 0 fully saturated rings. The van der Waals surface area contributed by atoms with Gasteiger partial charge in [-0.05, 0) is 24.6 Å². The van der Waals surface area contributed by atoms with Gasteiger partial charge in [0.1, 0.15) is 0 Å². The molecule has 112 valence electrons. The Morgan fingerprint density at radius 2 is 2.14 bits per heavy atom. The van der Waals surface area contributed by atoms with Crippen LogP contribution in [0.15, 0.2) is 30.5 Å². The maximum Gasteiger partial charge on any atom is 0.253 e. The number of nitrogens with one attached hydrogen (secondary N) is 1. The van der Waals surface area contributed by atoms with Crippen molar-refractivity contribution in [2.45, 2.75) is 19.9 Å². The highest BCUT2D eigenvalue weighted by atomic mass is 16.2. The second-order valence-corrected chi connectivity index (χ2v) is 5.26. The molecular weight excluding hydrogens is 264 g/mol. The summed E-state index contributed by atoms with van der Waals surface area (Å²) in [6.07, 6.45) is 2.94. The van der Waals surface area contributed by atoms with E-state index in [2.05, 4.69) is 17.3 Å². The van der Waals surface area contributed by atoms with Crippen molar-refractivity contribution >= 4 is 11.6 Å². The van der Waals surface area contributed by atoms with Gasteiger partial charge in [0.2, 0.25) is 0 Å². The Morgan fingerprint density at radius 1 is 1.38 bits per heavy atom. The molecule has 0 spiro atoms. The van der Waals surface area contributed by atoms with Crippen LogP contribution < -0.4 is 5.32 Å². The molecule has 1 aromatic carbocycles. The third-order valence-corrected chi connectivity index (χ3v) is 3.33. The normalized spacial score (nSPS) is 10.5. The zero-order valence-electron chi connectivity index (χ0n) is 13.1. The summed E-state index contributed by atoms with van der Waals surface area (Å²) in [5.74, 6) is 0.00859. The number of carbonyl (C=O) groups excluding carboxylic acids is 1. The van der Waals surface area contributed by atoms with Gasteiger partial charge in [-0.15, -0.1) is 0 Å². The molecule has 0 saturated heterocycles. The van der Waals surface area contributed by atoms with Gasteiger partial charge in [0, 0.05) is 50.7 Å². The minimum Gasteiger partial charge on any atom is -0.381 e. The fraction of sp³-hybridized carbons (Fsp3) is 0.375. The van der Waals surface area contributed by atoms with Crippen LogP contribution in [0, 0.1) is 0 Å². The zero-order chi connectivity index (χ0) is 15.4. The van der Waals surface area contributed by atoms with Gasteiger partial charge in [0.05, 0.1) is 5.69 Å². The van der Waals surface area contributed by atoms with Crippen LogP contribution >= 0.6 is 0 Å². The van der Waals surface area contributed by atoms with Gasteiger partial charge < -0.3 is 10.2 Å². The van der Waals surface area contributed by atoms with Crippen LogP contribution in [0.1, 0.15) is 28.5 Å². The van der Waals surface area contributed by atoms with Crippen LogP contribution in [-0.4, -0.2) is 34.7 Å². The average molecular weight is 286 g/mol. The smallest absolute Gasteiger partial charge is 0.253 e. The number of aromatic nitrogens is 2. The lowest BCUT2D eigenvalue weighted by Gasteiger charge is -2.12. The van der Waals surface area contributed by atoms with Gasteiger partial charge in [-0.25, -0.2) is 0 Å². The van der Waals surface area contributed by atoms with Crippen LogP contribution in [0.4, 0.5) is 5.69 Å². The number of carbonyl (C=O) groups is 1. The van der Waals surface area contributed by atoms with Crippen LogP contribution in [0.5, 0.6) is 0 Å². The van der Waals surface area contributed by atoms with Crippen molar-refractivity contribution < 1.29 is 4.79 Å². The predicted molar refractivity (Wildman–Crippen MR) is 84.4 cm³/mol. The zero-order valence-corrected chi connectivity index (χ0v) is 13.1. The van der Waals surface area contributed by atoms with Gasteiger partial charge in [-0.1, -0.05) is 13.0 Å². The van der Waals surface area contributed by atoms with Crippen LogP contribution in [0.3, 0.4) is 0 Å². The van der Waals surface area contributed by atoms with Crippen molar-refractivity contribution in [1.29, 1.82) is 0 Å². The molecule has 1 N–H and O–H groups in total. The SMILES string of the molecule is CCc1nn(C)cc1CNc1cccc(C(=O)N(C)C)c1. The molecule has 1 aromatic heterocycles. The topological polar surface area (TPSA) is 50.2 Å². The number of aryl methyl sites for hydroxylation is 2. The van der Waals surface area contributed by atoms with E-state index in [-0.39, 0.29) is 5.91 Å². The molecule has 0 saturated carbocycles. The number of anilines is 1. The predicted octanol–water partition coefficient (Wildman–Crippen LogP) is 2.30. The third kappa shape index (κ3) is 3.62. The number of amides is 1. The molecule has 2 aromatic rings. The van der Waals surface area contributed by atoms with Crippen LogP contribution in [0.2, 0.25) is 0 Å². The largest absolute Gasteiger partial charge is 0.381 e. The number of hydrogen-bond donors (Lipinski definition) is 1. The maximum absolute atomic E-state index is 12.0. The first-order chi connectivity index (χ1) is 10.0. The Morgan fingerprint density at radius 3 is 2.81 bits per heavy atom. The molecular formula is C16H22N4O. The van der Waals surface area contributed by atoms with Crippen molar-refractivity contribution in [2.75, 3.05) is 19.4 Å². The van der Waals surface area contributed by atoms with E-state index in [1.165, 1.54) is 5.56 Å². The Labute approximate surface area is 125 Å². The van der Waals surface area contributed by atoms with E-state index in [0.717, 1.165) is 17.8 Å². The summed E-state index contributed by atoms with van der Waals surface area (Å²) in [6, 6.07) is 7.57. The number of rotatable bonds is 5. The first kappa shape index (κ1) is 15.1. The standard InChI is InChI=1S/C16H22N4O/c1-5-15-13(11-20(4)18-15)10-17-14-8-6-7-12(9-14)16(21)19(2)3/h6-9,11,17H,5,10H2,1-4H3. The van der Waals surface area contributed by atoms with E-state index < -0.39 is 0 Å². The summed E-state index contributed by atoms with van der Waals surface area (Å²) in [5, 5.41) is 7.79. The fourth-order valence-corrected chi connectivity index (χ4v) is 2.25. The number of nitrogens with zero attached hydrogens (tertiary/aromatic N) is 3. The molecule has 0 aliphatic carbocycles. The molecule has 0 radical (unpaired) electrons. The second kappa shape index (κ2) is 6.43. The van der Waals surface area contributed by atoms with Crippen molar-refractivity contribution in [3.05, 3.63) is 47.3 Å². The fourth-order valence-electron chi connectivity index (χ4n) is 2.25. The van der Waals surface area contributed by atoms with Crippen LogP contribution in [0.25, 0.3) is 0 Å². The van der Waals surface area contributed by atoms with Gasteiger partial charge in [-0.2, -0.15) is 5.10 Å². The van der Waals surface area contributed by atoms with E-state index in [1.54, 1.807) is 19.0 Å². The van der Waals surface area contributed by atoms with E-state index >= 15 is 0 Å². The summed E-state index contributed by atoms with van der Waals surface area (Å²) in [5.41, 5.74) is 3.91. The van der Waals surface area contributed by atoms with E-state index in [4.69, 9.17) is 0 Å². The Kier molecular flexibility index (Phi) is 4.62. The molecule has 0 bridgehead atoms. The molecule has 5 nitrogen and oxygen atoms in total. The van der Waals surface area contributed by atoms with Gasteiger partial charge in [0.25, 0.3) is 5.91 Å². The highest BCUT2D eigenvalue weighted by Crippen LogP contribution is 2.15. The molecule has 0 atom stereocenters. The number of benzene rings is 1. The van der Waals surface area contributed by atoms with Gasteiger partial charge in [0.15, 0.2) is 0 Å². The minimum absolute atomic E-state index is 0.00859. The Balaban J connectivity index is 2.10. The summed E-state index contributed by atoms with van der Waals surface area (Å²) in [6.45, 7) is 2.80. The quantitative estimate of drug-likeness (QED) is 0.917. The molecule has 21 heavy (non-hydrogen) atoms. The lowest BCUT2D eigenvalue weighted by Crippen LogP contribution is -2.21. The van der Waals surface area contributed by atoms with Crippen LogP contribution in [-0.2, 0) is 20.0 Å². The summed E-state index contributed by atoms with van der Waals surface area (Å²) in [4.78, 5) is 13.5. The molecule has 1 heterocycles. The molecule has 1 amide bonds. The van der Waals surface area contributed by atoms with Crippen molar-refractivity contribution in [2.24, 2.45) is 7.05 Å². The number of hydrogen-bond acceptors (Lipinski definition) is 3. The van der Waals surface area contributed by atoms with Gasteiger partial charge >= 0.3 is 0 Å². The van der Waals surface area contributed by atoms with Crippen molar-refractivity contribution in [1.82, 2.24) is 14.7 Å². The van der Waals surface area contributed by atoms with E-state index in [0.29, 0.717) is 12.1 Å². The molecule has 5 heteroatoms. The lowest BCUT2D eigenvalue weighted by atomic mass is 10.1. The Hall–Kier alpha value is -2.30. The summed E-state index contributed by atoms with van der Waals surface area (Å²) in [7, 11) is 5.44. The highest BCUT2D eigenvalue weighted by Gasteiger charge is 2.09. The second-order valence-electron chi connectivity index (χ2n) is 5.26. The molecule has 0 unspecified atom stereocenters. The first-order valence-corrected chi connectivity index (χ1v) is 7.08. The average Bonchev–Trinajstić information content (AvgIpc) is 2.84. The van der Waals surface area contributed by atoms with E-state index in [1.807, 2.05) is 42.2 Å². The third-order valence-electron chi connectivity index (χ3n) is 3.33. The monoisotopic (exact) mass is 286 g/mol. The molecule has 0 aliphatic heterocycles. The summed E-state index contributed by atoms with van der Waals surface area (Å²) >= 11 is 0.